The normalized spacial score (nSPS) is 12.5. The number of hydrogen-bond acceptors (Lipinski definition) is 2. The average molecular weight is 305 g/mol. The van der Waals surface area contributed by atoms with Gasteiger partial charge in [0.05, 0.1) is 6.04 Å². The molecule has 0 fully saturated rings. The largest absolute Gasteiger partial charge is 0.354 e. The molecule has 0 aliphatic rings. The molecule has 108 valence electrons. The summed E-state index contributed by atoms with van der Waals surface area (Å²) in [4.78, 5) is 11.8. The van der Waals surface area contributed by atoms with E-state index in [-0.39, 0.29) is 23.7 Å². The smallest absolute Gasteiger partial charge is 0.237 e. The molecule has 0 spiro atoms. The highest BCUT2D eigenvalue weighted by molar-refractivity contribution is 6.30. The van der Waals surface area contributed by atoms with E-state index in [4.69, 9.17) is 17.3 Å². The summed E-state index contributed by atoms with van der Waals surface area (Å²) in [5, 5.41) is 3.56. The lowest BCUT2D eigenvalue weighted by Crippen LogP contribution is -2.48. The first-order valence-electron chi connectivity index (χ1n) is 6.08. The fraction of sp³-hybridized carbons (Fsp3) is 0.500. The van der Waals surface area contributed by atoms with Crippen LogP contribution in [0.1, 0.15) is 26.3 Å². The molecular weight excluding hydrogens is 283 g/mol. The summed E-state index contributed by atoms with van der Waals surface area (Å²) < 4.78 is 0. The van der Waals surface area contributed by atoms with Crippen molar-refractivity contribution in [3.8, 4) is 0 Å². The molecular formula is C14H22Cl2N2O. The van der Waals surface area contributed by atoms with Crippen molar-refractivity contribution in [3.63, 3.8) is 0 Å². The molecule has 0 heterocycles. The monoisotopic (exact) mass is 304 g/mol. The number of carbonyl (C=O) groups excluding carboxylic acids is 1. The molecule has 1 aromatic rings. The third-order valence-electron chi connectivity index (χ3n) is 2.82. The van der Waals surface area contributed by atoms with E-state index in [1.807, 2.05) is 45.0 Å². The maximum atomic E-state index is 11.8. The predicted octanol–water partition coefficient (Wildman–Crippen LogP) is 2.79. The Morgan fingerprint density at radius 3 is 2.58 bits per heavy atom. The minimum absolute atomic E-state index is 0. The van der Waals surface area contributed by atoms with Gasteiger partial charge in [-0.25, -0.2) is 0 Å². The number of rotatable bonds is 4. The molecule has 0 aliphatic carbocycles. The van der Waals surface area contributed by atoms with Crippen LogP contribution in [-0.2, 0) is 11.2 Å². The molecule has 0 radical (unpaired) electrons. The van der Waals surface area contributed by atoms with Crippen molar-refractivity contribution in [2.75, 3.05) is 6.54 Å². The molecule has 0 aliphatic heterocycles. The first kappa shape index (κ1) is 18.2. The van der Waals surface area contributed by atoms with Gasteiger partial charge in [0.25, 0.3) is 0 Å². The van der Waals surface area contributed by atoms with E-state index in [9.17, 15) is 4.79 Å². The van der Waals surface area contributed by atoms with E-state index in [1.54, 1.807) is 0 Å². The topological polar surface area (TPSA) is 55.1 Å². The van der Waals surface area contributed by atoms with Crippen LogP contribution < -0.4 is 11.1 Å². The second-order valence-corrected chi connectivity index (χ2v) is 5.95. The number of amides is 1. The van der Waals surface area contributed by atoms with Crippen LogP contribution in [0.25, 0.3) is 0 Å². The van der Waals surface area contributed by atoms with E-state index >= 15 is 0 Å². The second-order valence-electron chi connectivity index (χ2n) is 5.51. The molecule has 5 heteroatoms. The van der Waals surface area contributed by atoms with Gasteiger partial charge in [-0.1, -0.05) is 44.5 Å². The van der Waals surface area contributed by atoms with Crippen LogP contribution >= 0.6 is 24.0 Å². The van der Waals surface area contributed by atoms with Crippen molar-refractivity contribution in [2.24, 2.45) is 11.1 Å². The number of nitrogens with one attached hydrogen (secondary N) is 1. The second kappa shape index (κ2) is 7.73. The quantitative estimate of drug-likeness (QED) is 0.898. The van der Waals surface area contributed by atoms with E-state index < -0.39 is 6.04 Å². The molecule has 0 bridgehead atoms. The molecule has 1 amide bonds. The highest BCUT2D eigenvalue weighted by atomic mass is 35.5. The molecule has 0 aromatic heterocycles. The number of benzene rings is 1. The van der Waals surface area contributed by atoms with Crippen LogP contribution in [0.2, 0.25) is 5.02 Å². The van der Waals surface area contributed by atoms with Gasteiger partial charge in [0.15, 0.2) is 0 Å². The molecule has 0 saturated carbocycles. The summed E-state index contributed by atoms with van der Waals surface area (Å²) in [6.07, 6.45) is 0.753. The van der Waals surface area contributed by atoms with Gasteiger partial charge in [0.1, 0.15) is 0 Å². The third kappa shape index (κ3) is 6.28. The zero-order chi connectivity index (χ0) is 13.8. The summed E-state index contributed by atoms with van der Waals surface area (Å²) in [6.45, 7) is 6.43. The molecule has 3 nitrogen and oxygen atoms in total. The van der Waals surface area contributed by atoms with Gasteiger partial charge in [-0.15, -0.1) is 12.4 Å². The van der Waals surface area contributed by atoms with E-state index in [2.05, 4.69) is 5.32 Å². The Kier molecular flexibility index (Phi) is 7.42. The van der Waals surface area contributed by atoms with Gasteiger partial charge in [0, 0.05) is 11.6 Å². The minimum Gasteiger partial charge on any atom is -0.354 e. The number of halogens is 2. The standard InChI is InChI=1S/C14H21ClN2O.ClH/c1-14(2,3)12(16)13(18)17-8-7-10-5-4-6-11(15)9-10;/h4-6,9,12H,7-8,16H2,1-3H3,(H,17,18);1H/t12-;/m1./s1. The van der Waals surface area contributed by atoms with Crippen LogP contribution in [0.5, 0.6) is 0 Å². The number of carbonyl (C=O) groups is 1. The van der Waals surface area contributed by atoms with Crippen LogP contribution in [0, 0.1) is 5.41 Å². The average Bonchev–Trinajstić information content (AvgIpc) is 2.26. The van der Waals surface area contributed by atoms with Crippen LogP contribution in [0.4, 0.5) is 0 Å². The van der Waals surface area contributed by atoms with Gasteiger partial charge in [-0.3, -0.25) is 4.79 Å². The van der Waals surface area contributed by atoms with Gasteiger partial charge in [0.2, 0.25) is 5.91 Å². The maximum Gasteiger partial charge on any atom is 0.237 e. The van der Waals surface area contributed by atoms with Crippen molar-refractivity contribution < 1.29 is 4.79 Å². The van der Waals surface area contributed by atoms with Crippen molar-refractivity contribution >= 4 is 29.9 Å². The summed E-state index contributed by atoms with van der Waals surface area (Å²) in [6, 6.07) is 7.13. The number of hydrogen-bond donors (Lipinski definition) is 2. The van der Waals surface area contributed by atoms with E-state index in [1.165, 1.54) is 0 Å². The van der Waals surface area contributed by atoms with Crippen LogP contribution in [-0.4, -0.2) is 18.5 Å². The first-order chi connectivity index (χ1) is 8.30. The number of nitrogens with two attached hydrogens (primary N) is 1. The molecule has 19 heavy (non-hydrogen) atoms. The van der Waals surface area contributed by atoms with E-state index in [0.717, 1.165) is 12.0 Å². The molecule has 1 rings (SSSR count). The molecule has 0 unspecified atom stereocenters. The first-order valence-corrected chi connectivity index (χ1v) is 6.46. The SMILES string of the molecule is CC(C)(C)[C@H](N)C(=O)NCCc1cccc(Cl)c1.Cl. The van der Waals surface area contributed by atoms with Crippen molar-refractivity contribution in [2.45, 2.75) is 33.2 Å². The van der Waals surface area contributed by atoms with Gasteiger partial charge < -0.3 is 11.1 Å². The fourth-order valence-electron chi connectivity index (χ4n) is 1.53. The Labute approximate surface area is 126 Å². The third-order valence-corrected chi connectivity index (χ3v) is 3.05. The highest BCUT2D eigenvalue weighted by Crippen LogP contribution is 2.17. The Morgan fingerprint density at radius 2 is 2.05 bits per heavy atom. The summed E-state index contributed by atoms with van der Waals surface area (Å²) >= 11 is 5.89. The zero-order valence-electron chi connectivity index (χ0n) is 11.6. The van der Waals surface area contributed by atoms with Crippen LogP contribution in [0.3, 0.4) is 0 Å². The van der Waals surface area contributed by atoms with E-state index in [0.29, 0.717) is 11.6 Å². The molecule has 1 aromatic carbocycles. The lowest BCUT2D eigenvalue weighted by molar-refractivity contribution is -0.124. The van der Waals surface area contributed by atoms with Gasteiger partial charge in [-0.2, -0.15) is 0 Å². The highest BCUT2D eigenvalue weighted by Gasteiger charge is 2.26. The van der Waals surface area contributed by atoms with Crippen molar-refractivity contribution in [3.05, 3.63) is 34.9 Å². The zero-order valence-corrected chi connectivity index (χ0v) is 13.1. The summed E-state index contributed by atoms with van der Waals surface area (Å²) in [7, 11) is 0. The van der Waals surface area contributed by atoms with Gasteiger partial charge >= 0.3 is 0 Å². The van der Waals surface area contributed by atoms with Crippen molar-refractivity contribution in [1.29, 1.82) is 0 Å². The maximum absolute atomic E-state index is 11.8. The van der Waals surface area contributed by atoms with Gasteiger partial charge in [-0.05, 0) is 29.5 Å². The summed E-state index contributed by atoms with van der Waals surface area (Å²) in [5.41, 5.74) is 6.75. The molecule has 0 saturated heterocycles. The Morgan fingerprint density at radius 1 is 1.42 bits per heavy atom. The predicted molar refractivity (Wildman–Crippen MR) is 82.8 cm³/mol. The summed E-state index contributed by atoms with van der Waals surface area (Å²) in [5.74, 6) is -0.107. The Bertz CT molecular complexity index is 416. The molecule has 1 atom stereocenters. The Hall–Kier alpha value is -0.770. The lowest BCUT2D eigenvalue weighted by atomic mass is 9.87. The fourth-order valence-corrected chi connectivity index (χ4v) is 1.74. The van der Waals surface area contributed by atoms with Crippen LogP contribution in [0.15, 0.2) is 24.3 Å². The lowest BCUT2D eigenvalue weighted by Gasteiger charge is -2.25. The Balaban J connectivity index is 0.00000324. The molecule has 3 N–H and O–H groups in total. The minimum atomic E-state index is -0.489. The van der Waals surface area contributed by atoms with Crippen molar-refractivity contribution in [1.82, 2.24) is 5.32 Å².